The molecule has 1 aliphatic rings. The van der Waals surface area contributed by atoms with Crippen molar-refractivity contribution in [3.05, 3.63) is 47.6 Å². The van der Waals surface area contributed by atoms with Crippen molar-refractivity contribution in [2.75, 3.05) is 50.1 Å². The third kappa shape index (κ3) is 7.98. The largest absolute Gasteiger partial charge is 0.378 e. The van der Waals surface area contributed by atoms with E-state index in [0.717, 1.165) is 53.4 Å². The van der Waals surface area contributed by atoms with E-state index < -0.39 is 0 Å². The fraction of sp³-hybridized carbons (Fsp3) is 0.348. The Kier molecular flexibility index (Phi) is 10.4. The van der Waals surface area contributed by atoms with Crippen LogP contribution in [0.3, 0.4) is 0 Å². The highest BCUT2D eigenvalue weighted by atomic mass is 32.1. The SMILES string of the molecule is C#CC(/C=C/CN)/C=C(\C)c1cnc(Nc2cc(N3CCOCC3)ccn2)s1.C=NC. The average molecular weight is 439 g/mol. The minimum atomic E-state index is -0.0751. The molecule has 1 saturated heterocycles. The molecule has 1 unspecified atom stereocenters. The van der Waals surface area contributed by atoms with Gasteiger partial charge in [0.05, 0.1) is 24.0 Å². The lowest BCUT2D eigenvalue weighted by molar-refractivity contribution is 0.122. The second-order valence-corrected chi connectivity index (χ2v) is 7.71. The predicted molar refractivity (Wildman–Crippen MR) is 132 cm³/mol. The van der Waals surface area contributed by atoms with E-state index in [1.807, 2.05) is 49.7 Å². The number of hydrogen-bond acceptors (Lipinski definition) is 8. The fourth-order valence-corrected chi connectivity index (χ4v) is 3.67. The highest BCUT2D eigenvalue weighted by Gasteiger charge is 2.12. The van der Waals surface area contributed by atoms with Crippen LogP contribution in [0.15, 0.2) is 47.7 Å². The average Bonchev–Trinajstić information content (AvgIpc) is 3.26. The Morgan fingerprint density at radius 3 is 2.90 bits per heavy atom. The summed E-state index contributed by atoms with van der Waals surface area (Å²) in [6, 6.07) is 4.06. The predicted octanol–water partition coefficient (Wildman–Crippen LogP) is 3.60. The minimum absolute atomic E-state index is 0.0751. The summed E-state index contributed by atoms with van der Waals surface area (Å²) in [5.41, 5.74) is 7.73. The third-order valence-corrected chi connectivity index (χ3v) is 5.40. The molecule has 0 spiro atoms. The van der Waals surface area contributed by atoms with Crippen molar-refractivity contribution in [1.82, 2.24) is 9.97 Å². The Morgan fingerprint density at radius 2 is 2.23 bits per heavy atom. The van der Waals surface area contributed by atoms with Crippen molar-refractivity contribution in [2.45, 2.75) is 6.92 Å². The van der Waals surface area contributed by atoms with Gasteiger partial charge in [0, 0.05) is 50.8 Å². The van der Waals surface area contributed by atoms with Crippen LogP contribution >= 0.6 is 11.3 Å². The maximum absolute atomic E-state index is 5.59. The molecule has 0 aliphatic carbocycles. The topological polar surface area (TPSA) is 88.7 Å². The van der Waals surface area contributed by atoms with Gasteiger partial charge in [-0.3, -0.25) is 0 Å². The number of pyridine rings is 1. The summed E-state index contributed by atoms with van der Waals surface area (Å²) in [7, 11) is 1.64. The number of aromatic nitrogens is 2. The molecule has 31 heavy (non-hydrogen) atoms. The van der Waals surface area contributed by atoms with Crippen molar-refractivity contribution in [2.24, 2.45) is 16.6 Å². The summed E-state index contributed by atoms with van der Waals surface area (Å²) >= 11 is 1.57. The molecule has 0 radical (unpaired) electrons. The normalized spacial score (nSPS) is 15.0. The number of morpholine rings is 1. The van der Waals surface area contributed by atoms with Gasteiger partial charge in [-0.2, -0.15) is 0 Å². The molecule has 0 saturated carbocycles. The van der Waals surface area contributed by atoms with E-state index in [1.54, 1.807) is 18.4 Å². The van der Waals surface area contributed by atoms with E-state index in [9.17, 15) is 0 Å². The van der Waals surface area contributed by atoms with Gasteiger partial charge in [-0.25, -0.2) is 9.97 Å². The van der Waals surface area contributed by atoms with Gasteiger partial charge in [0.15, 0.2) is 5.13 Å². The van der Waals surface area contributed by atoms with Crippen LogP contribution in [0.4, 0.5) is 16.6 Å². The zero-order valence-corrected chi connectivity index (χ0v) is 18.9. The molecule has 0 amide bonds. The summed E-state index contributed by atoms with van der Waals surface area (Å²) in [5.74, 6) is 3.45. The molecule has 2 aromatic heterocycles. The first-order valence-corrected chi connectivity index (χ1v) is 10.8. The molecule has 1 aliphatic heterocycles. The number of nitrogens with one attached hydrogen (secondary N) is 1. The quantitative estimate of drug-likeness (QED) is 0.390. The molecule has 3 heterocycles. The molecule has 8 heteroatoms. The van der Waals surface area contributed by atoms with Crippen LogP contribution in [0.25, 0.3) is 5.57 Å². The molecule has 1 atom stereocenters. The maximum Gasteiger partial charge on any atom is 0.188 e. The lowest BCUT2D eigenvalue weighted by atomic mass is 10.1. The van der Waals surface area contributed by atoms with E-state index in [1.165, 1.54) is 0 Å². The molecule has 3 N–H and O–H groups in total. The number of ether oxygens (including phenoxy) is 1. The van der Waals surface area contributed by atoms with Gasteiger partial charge in [-0.05, 0) is 25.3 Å². The number of aliphatic imine (C=N–C) groups is 1. The van der Waals surface area contributed by atoms with Crippen molar-refractivity contribution < 1.29 is 4.74 Å². The Hall–Kier alpha value is -2.99. The molecule has 1 fully saturated rings. The Bertz CT molecular complexity index is 924. The van der Waals surface area contributed by atoms with Gasteiger partial charge >= 0.3 is 0 Å². The number of thiazole rings is 1. The van der Waals surface area contributed by atoms with E-state index >= 15 is 0 Å². The fourth-order valence-electron chi connectivity index (χ4n) is 2.87. The summed E-state index contributed by atoms with van der Waals surface area (Å²) in [6.07, 6.45) is 15.1. The monoisotopic (exact) mass is 438 g/mol. The number of anilines is 3. The first-order chi connectivity index (χ1) is 15.1. The van der Waals surface area contributed by atoms with Gasteiger partial charge in [0.2, 0.25) is 0 Å². The lowest BCUT2D eigenvalue weighted by Crippen LogP contribution is -2.36. The van der Waals surface area contributed by atoms with Gasteiger partial charge in [-0.15, -0.1) is 6.42 Å². The van der Waals surface area contributed by atoms with Crippen molar-refractivity contribution in [1.29, 1.82) is 0 Å². The second-order valence-electron chi connectivity index (χ2n) is 6.68. The van der Waals surface area contributed by atoms with Crippen LogP contribution in [-0.4, -0.2) is 56.6 Å². The smallest absolute Gasteiger partial charge is 0.188 e. The summed E-state index contributed by atoms with van der Waals surface area (Å²) in [6.45, 7) is 8.93. The van der Waals surface area contributed by atoms with E-state index in [0.29, 0.717) is 6.54 Å². The molecular formula is C23H30N6OS. The Labute approximate surface area is 188 Å². The molecule has 2 aromatic rings. The van der Waals surface area contributed by atoms with Crippen LogP contribution in [-0.2, 0) is 4.74 Å². The molecular weight excluding hydrogens is 408 g/mol. The molecule has 3 rings (SSSR count). The minimum Gasteiger partial charge on any atom is -0.378 e. The number of terminal acetylenes is 1. The Morgan fingerprint density at radius 1 is 1.48 bits per heavy atom. The number of rotatable bonds is 7. The number of allylic oxidation sites excluding steroid dienone is 3. The van der Waals surface area contributed by atoms with Gasteiger partial charge in [0.25, 0.3) is 0 Å². The number of hydrogen-bond donors (Lipinski definition) is 2. The van der Waals surface area contributed by atoms with Gasteiger partial charge in [-0.1, -0.05) is 35.5 Å². The van der Waals surface area contributed by atoms with Gasteiger partial charge in [0.1, 0.15) is 5.82 Å². The molecule has 164 valence electrons. The van der Waals surface area contributed by atoms with E-state index in [-0.39, 0.29) is 5.92 Å². The summed E-state index contributed by atoms with van der Waals surface area (Å²) < 4.78 is 5.42. The zero-order chi connectivity index (χ0) is 22.5. The van der Waals surface area contributed by atoms with E-state index in [2.05, 4.69) is 37.8 Å². The van der Waals surface area contributed by atoms with Crippen LogP contribution in [0, 0.1) is 18.3 Å². The number of nitrogens with zero attached hydrogens (tertiary/aromatic N) is 4. The van der Waals surface area contributed by atoms with Gasteiger partial charge < -0.3 is 25.7 Å². The third-order valence-electron chi connectivity index (χ3n) is 4.35. The standard InChI is InChI=1S/C21H25N5OS.C2H5N/c1-3-17(5-4-7-22)13-16(2)19-15-24-21(28-19)25-20-14-18(6-8-23-20)26-9-11-27-12-10-26;1-3-2/h1,4-6,8,13-15,17H,7,9-12,22H2,2H3,(H,23,24,25);1H2,2H3/b5-4+,16-13+;. The van der Waals surface area contributed by atoms with Crippen LogP contribution < -0.4 is 16.0 Å². The second kappa shape index (κ2) is 13.3. The van der Waals surface area contributed by atoms with Crippen molar-refractivity contribution in [3.8, 4) is 12.3 Å². The van der Waals surface area contributed by atoms with Crippen molar-refractivity contribution >= 4 is 40.3 Å². The highest BCUT2D eigenvalue weighted by molar-refractivity contribution is 7.16. The molecule has 0 bridgehead atoms. The summed E-state index contributed by atoms with van der Waals surface area (Å²) in [4.78, 5) is 15.5. The lowest BCUT2D eigenvalue weighted by Gasteiger charge is -2.28. The van der Waals surface area contributed by atoms with Crippen LogP contribution in [0.2, 0.25) is 0 Å². The molecule has 0 aromatic carbocycles. The maximum atomic E-state index is 5.59. The summed E-state index contributed by atoms with van der Waals surface area (Å²) in [5, 5.41) is 4.10. The number of nitrogens with two attached hydrogens (primary N) is 1. The van der Waals surface area contributed by atoms with Crippen molar-refractivity contribution in [3.63, 3.8) is 0 Å². The highest BCUT2D eigenvalue weighted by Crippen LogP contribution is 2.29. The van der Waals surface area contributed by atoms with E-state index in [4.69, 9.17) is 16.9 Å². The first kappa shape index (κ1) is 24.3. The zero-order valence-electron chi connectivity index (χ0n) is 18.1. The van der Waals surface area contributed by atoms with Crippen LogP contribution in [0.1, 0.15) is 11.8 Å². The Balaban J connectivity index is 0.00000107. The van der Waals surface area contributed by atoms with Crippen LogP contribution in [0.5, 0.6) is 0 Å². The first-order valence-electron chi connectivity index (χ1n) is 9.99. The molecule has 7 nitrogen and oxygen atoms in total.